The Labute approximate surface area is 79.7 Å². The molecule has 0 rings (SSSR count). The summed E-state index contributed by atoms with van der Waals surface area (Å²) in [5, 5.41) is 17.7. The van der Waals surface area contributed by atoms with Crippen LogP contribution in [0.1, 0.15) is 6.92 Å². The first-order valence-corrected chi connectivity index (χ1v) is 1.67. The normalized spacial score (nSPS) is 4.90. The van der Waals surface area contributed by atoms with Crippen molar-refractivity contribution >= 4 is 11.9 Å². The summed E-state index contributed by atoms with van der Waals surface area (Å²) in [6, 6.07) is 0. The maximum atomic E-state index is 8.89. The molecule has 0 heterocycles. The Morgan fingerprint density at radius 1 is 1.30 bits per heavy atom. The minimum Gasteiger partial charge on any atom is -0.584 e. The number of rotatable bonds is 0. The van der Waals surface area contributed by atoms with Crippen LogP contribution in [0, 0.1) is 6.92 Å². The summed E-state index contributed by atoms with van der Waals surface area (Å²) in [6.45, 7) is 3.42. The van der Waals surface area contributed by atoms with Crippen molar-refractivity contribution in [2.45, 2.75) is 6.92 Å². The molecule has 10 heavy (non-hydrogen) atoms. The molecule has 0 aliphatic heterocycles. The van der Waals surface area contributed by atoms with Crippen LogP contribution in [0.2, 0.25) is 0 Å². The summed E-state index contributed by atoms with van der Waals surface area (Å²) in [6.07, 6.45) is 0. The molecule has 0 aliphatic rings. The smallest absolute Gasteiger partial charge is 0.584 e. The monoisotopic (exact) mass is 231 g/mol. The van der Waals surface area contributed by atoms with E-state index in [-0.39, 0.29) is 33.8 Å². The van der Waals surface area contributed by atoms with Crippen molar-refractivity contribution in [3.05, 3.63) is 6.92 Å². The quantitative estimate of drug-likeness (QED) is 0.336. The fourth-order valence-electron chi connectivity index (χ4n) is 0. The summed E-state index contributed by atoms with van der Waals surface area (Å²) in [5.74, 6) is -2.42. The van der Waals surface area contributed by atoms with Gasteiger partial charge in [0.15, 0.2) is 0 Å². The average Bonchev–Trinajstić information content (AvgIpc) is 1.25. The average molecular weight is 231 g/mol. The summed E-state index contributed by atoms with van der Waals surface area (Å²) in [7, 11) is 0. The van der Waals surface area contributed by atoms with Crippen LogP contribution in [0.4, 0.5) is 0 Å². The van der Waals surface area contributed by atoms with Crippen LogP contribution in [0.3, 0.4) is 0 Å². The number of hydrogen-bond acceptors (Lipinski definition) is 4. The van der Waals surface area contributed by atoms with Crippen LogP contribution in [0.15, 0.2) is 0 Å². The number of hydrogen-bond donors (Lipinski definition) is 0. The van der Waals surface area contributed by atoms with Crippen molar-refractivity contribution in [1.29, 1.82) is 0 Å². The molecule has 0 fully saturated rings. The second-order valence-electron chi connectivity index (χ2n) is 0.864. The van der Waals surface area contributed by atoms with E-state index in [2.05, 4.69) is 6.92 Å². The number of carboxylic acids is 2. The van der Waals surface area contributed by atoms with Crippen molar-refractivity contribution < 1.29 is 53.6 Å². The summed E-state index contributed by atoms with van der Waals surface area (Å²) in [4.78, 5) is 17.7. The minimum absolute atomic E-state index is 0. The summed E-state index contributed by atoms with van der Waals surface area (Å²) in [5.41, 5.74) is 0. The van der Waals surface area contributed by atoms with Crippen LogP contribution >= 0.6 is 0 Å². The van der Waals surface area contributed by atoms with E-state index in [0.29, 0.717) is 0 Å². The van der Waals surface area contributed by atoms with Crippen LogP contribution in [0.25, 0.3) is 0 Å². The topological polar surface area (TPSA) is 80.3 Å². The number of carboxylic acid groups (broad SMARTS) is 2. The van der Waals surface area contributed by atoms with Crippen molar-refractivity contribution in [1.82, 2.24) is 0 Å². The van der Waals surface area contributed by atoms with Gasteiger partial charge < -0.3 is 26.7 Å². The van der Waals surface area contributed by atoms with E-state index in [9.17, 15) is 0 Å². The van der Waals surface area contributed by atoms with Crippen molar-refractivity contribution in [3.63, 3.8) is 0 Å². The minimum atomic E-state index is -1.33. The van der Waals surface area contributed by atoms with Gasteiger partial charge in [-0.25, -0.2) is 0 Å². The van der Waals surface area contributed by atoms with Crippen LogP contribution in [-0.4, -0.2) is 11.9 Å². The van der Waals surface area contributed by atoms with E-state index in [1.165, 1.54) is 0 Å². The van der Waals surface area contributed by atoms with Gasteiger partial charge in [0.25, 0.3) is 0 Å². The molecule has 6 heteroatoms. The van der Waals surface area contributed by atoms with Gasteiger partial charge in [0.05, 0.1) is 0 Å². The molecular formula is C4H5CoMnO4-. The fraction of sp³-hybridized carbons (Fsp3) is 0.250. The molecule has 0 amide bonds. The van der Waals surface area contributed by atoms with E-state index in [4.69, 9.17) is 19.8 Å². The SMILES string of the molecule is CC(=O)[O-].[CH2-]C(=O)[O-].[Co+2].[Mn]. The van der Waals surface area contributed by atoms with Crippen LogP contribution < -0.4 is 10.2 Å². The zero-order chi connectivity index (χ0) is 7.15. The van der Waals surface area contributed by atoms with E-state index in [0.717, 1.165) is 6.92 Å². The largest absolute Gasteiger partial charge is 2.00 e. The molecule has 0 aromatic carbocycles. The first-order chi connectivity index (χ1) is 3.46. The van der Waals surface area contributed by atoms with Gasteiger partial charge >= 0.3 is 16.8 Å². The molecule has 0 bridgehead atoms. The van der Waals surface area contributed by atoms with E-state index in [1.54, 1.807) is 0 Å². The molecule has 0 spiro atoms. The molecule has 0 aliphatic carbocycles. The standard InChI is InChI=1S/C2H4O2.C2H3O2.Co.Mn/c2*1-2(3)4;;/h1H3,(H,3,4);1H2,(H,3,4);;/q;-1;+2;/p-2. The summed E-state index contributed by atoms with van der Waals surface area (Å²) >= 11 is 0. The van der Waals surface area contributed by atoms with E-state index in [1.807, 2.05) is 0 Å². The zero-order valence-electron chi connectivity index (χ0n) is 5.05. The van der Waals surface area contributed by atoms with Gasteiger partial charge in [0, 0.05) is 23.0 Å². The van der Waals surface area contributed by atoms with Crippen LogP contribution in [0.5, 0.6) is 0 Å². The zero-order valence-corrected chi connectivity index (χ0v) is 7.27. The third kappa shape index (κ3) is 13600. The molecule has 0 N–H and O–H groups in total. The van der Waals surface area contributed by atoms with Crippen LogP contribution in [-0.2, 0) is 43.4 Å². The molecule has 0 atom stereocenters. The Morgan fingerprint density at radius 2 is 1.30 bits per heavy atom. The third-order valence-electron chi connectivity index (χ3n) is 0. The van der Waals surface area contributed by atoms with Crippen molar-refractivity contribution in [2.24, 2.45) is 0 Å². The predicted octanol–water partition coefficient (Wildman–Crippen LogP) is -2.68. The van der Waals surface area contributed by atoms with Gasteiger partial charge in [0.1, 0.15) is 0 Å². The number of carbonyl (C=O) groups excluding carboxylic acids is 2. The Bertz CT molecular complexity index is 75.3. The Hall–Kier alpha value is -0.164. The molecule has 0 aromatic heterocycles. The summed E-state index contributed by atoms with van der Waals surface area (Å²) < 4.78 is 0. The molecule has 0 saturated carbocycles. The molecule has 62 valence electrons. The first-order valence-electron chi connectivity index (χ1n) is 1.67. The van der Waals surface area contributed by atoms with E-state index >= 15 is 0 Å². The van der Waals surface area contributed by atoms with Gasteiger partial charge in [-0.3, -0.25) is 0 Å². The van der Waals surface area contributed by atoms with Crippen molar-refractivity contribution in [3.8, 4) is 0 Å². The Balaban J connectivity index is -0.0000000300. The van der Waals surface area contributed by atoms with Crippen molar-refractivity contribution in [2.75, 3.05) is 0 Å². The van der Waals surface area contributed by atoms with Gasteiger partial charge in [-0.2, -0.15) is 0 Å². The molecular weight excluding hydrogens is 226 g/mol. The number of carbonyl (C=O) groups is 2. The molecule has 2 radical (unpaired) electrons. The molecule has 4 nitrogen and oxygen atoms in total. The second kappa shape index (κ2) is 15.9. The van der Waals surface area contributed by atoms with E-state index < -0.39 is 11.9 Å². The molecule has 0 aromatic rings. The van der Waals surface area contributed by atoms with Gasteiger partial charge in [-0.1, -0.05) is 0 Å². The molecule has 0 unspecified atom stereocenters. The number of aliphatic carboxylic acids is 2. The fourth-order valence-corrected chi connectivity index (χ4v) is 0. The molecule has 0 saturated heterocycles. The predicted molar refractivity (Wildman–Crippen MR) is 21.0 cm³/mol. The maximum Gasteiger partial charge on any atom is 2.00 e. The van der Waals surface area contributed by atoms with Gasteiger partial charge in [-0.05, 0) is 6.92 Å². The second-order valence-corrected chi connectivity index (χ2v) is 0.864. The first kappa shape index (κ1) is 22.5. The third-order valence-corrected chi connectivity index (χ3v) is 0. The Kier molecular flexibility index (Phi) is 35.9. The maximum absolute atomic E-state index is 8.89. The Morgan fingerprint density at radius 3 is 1.30 bits per heavy atom. The van der Waals surface area contributed by atoms with Gasteiger partial charge in [-0.15, -0.1) is 5.97 Å². The van der Waals surface area contributed by atoms with Gasteiger partial charge in [0.2, 0.25) is 0 Å².